The first-order chi connectivity index (χ1) is 16.3. The molecule has 2 aromatic carbocycles. The third-order valence-corrected chi connectivity index (χ3v) is 7.45. The van der Waals surface area contributed by atoms with Crippen LogP contribution in [0.3, 0.4) is 0 Å². The highest BCUT2D eigenvalue weighted by Gasteiger charge is 2.45. The van der Waals surface area contributed by atoms with Gasteiger partial charge in [0, 0.05) is 29.4 Å². The number of carboxylic acids is 1. The van der Waals surface area contributed by atoms with Gasteiger partial charge in [-0.2, -0.15) is 0 Å². The number of primary amides is 1. The molecule has 0 saturated carbocycles. The van der Waals surface area contributed by atoms with Gasteiger partial charge in [-0.15, -0.1) is 0 Å². The van der Waals surface area contributed by atoms with Gasteiger partial charge in [-0.25, -0.2) is 4.79 Å². The quantitative estimate of drug-likeness (QED) is 0.442. The van der Waals surface area contributed by atoms with E-state index in [1.165, 1.54) is 6.42 Å². The number of likely N-dealkylation sites (tertiary alicyclic amines) is 1. The van der Waals surface area contributed by atoms with Gasteiger partial charge in [0.15, 0.2) is 6.23 Å². The molecule has 2 saturated heterocycles. The van der Waals surface area contributed by atoms with Gasteiger partial charge in [0.2, 0.25) is 5.91 Å². The summed E-state index contributed by atoms with van der Waals surface area (Å²) in [7, 11) is 0. The fourth-order valence-corrected chi connectivity index (χ4v) is 5.37. The molecule has 2 aromatic rings. The molecule has 0 aromatic heterocycles. The van der Waals surface area contributed by atoms with Crippen LogP contribution in [-0.4, -0.2) is 58.7 Å². The van der Waals surface area contributed by atoms with Crippen molar-refractivity contribution in [2.45, 2.75) is 43.9 Å². The average molecular weight is 487 g/mol. The number of aliphatic hydroxyl groups is 1. The maximum absolute atomic E-state index is 12.5. The number of amides is 1. The lowest BCUT2D eigenvalue weighted by Crippen LogP contribution is -2.63. The van der Waals surface area contributed by atoms with Crippen molar-refractivity contribution in [2.24, 2.45) is 5.73 Å². The number of aromatic carboxylic acids is 1. The number of nitrogens with one attached hydrogen (secondary N) is 1. The Morgan fingerprint density at radius 2 is 1.71 bits per heavy atom. The lowest BCUT2D eigenvalue weighted by atomic mass is 9.83. The summed E-state index contributed by atoms with van der Waals surface area (Å²) in [5.74, 6) is -1.37. The van der Waals surface area contributed by atoms with E-state index in [2.05, 4.69) is 15.1 Å². The van der Waals surface area contributed by atoms with E-state index in [0.29, 0.717) is 42.2 Å². The minimum atomic E-state index is -1.16. The molecule has 2 fully saturated rings. The molecule has 182 valence electrons. The largest absolute Gasteiger partial charge is 0.478 e. The summed E-state index contributed by atoms with van der Waals surface area (Å²) in [6.45, 7) is 2.99. The number of carboxylic acid groups (broad SMARTS) is 1. The lowest BCUT2D eigenvalue weighted by Gasteiger charge is -2.48. The van der Waals surface area contributed by atoms with Crippen LogP contribution in [0.15, 0.2) is 42.5 Å². The van der Waals surface area contributed by atoms with Gasteiger partial charge >= 0.3 is 5.97 Å². The maximum Gasteiger partial charge on any atom is 0.337 e. The molecule has 2 aliphatic rings. The molecule has 5 N–H and O–H groups in total. The van der Waals surface area contributed by atoms with Crippen LogP contribution in [0.2, 0.25) is 5.02 Å². The number of rotatable bonds is 7. The predicted molar refractivity (Wildman–Crippen MR) is 132 cm³/mol. The van der Waals surface area contributed by atoms with Crippen LogP contribution in [0.4, 0.5) is 11.4 Å². The van der Waals surface area contributed by atoms with Crippen molar-refractivity contribution < 1.29 is 19.8 Å². The summed E-state index contributed by atoms with van der Waals surface area (Å²) in [5, 5.41) is 23.6. The minimum Gasteiger partial charge on any atom is -0.478 e. The highest BCUT2D eigenvalue weighted by molar-refractivity contribution is 6.31. The number of hydrogen-bond acceptors (Lipinski definition) is 6. The zero-order valence-electron chi connectivity index (χ0n) is 19.0. The topological polar surface area (TPSA) is 119 Å². The van der Waals surface area contributed by atoms with Crippen molar-refractivity contribution in [2.75, 3.05) is 36.4 Å². The number of hydrogen-bond donors (Lipinski definition) is 4. The normalized spacial score (nSPS) is 19.4. The Hall–Kier alpha value is -2.81. The van der Waals surface area contributed by atoms with E-state index in [0.717, 1.165) is 31.6 Å². The highest BCUT2D eigenvalue weighted by atomic mass is 35.5. The number of piperidine rings is 2. The smallest absolute Gasteiger partial charge is 0.337 e. The molecule has 8 nitrogen and oxygen atoms in total. The Bertz CT molecular complexity index is 1050. The Labute approximate surface area is 204 Å². The number of carbonyl (C=O) groups is 2. The van der Waals surface area contributed by atoms with Crippen molar-refractivity contribution in [1.29, 1.82) is 0 Å². The summed E-state index contributed by atoms with van der Waals surface area (Å²) < 4.78 is 0. The number of nitrogens with zero attached hydrogens (tertiary/aromatic N) is 2. The fourth-order valence-electron chi connectivity index (χ4n) is 5.13. The molecule has 0 bridgehead atoms. The Kier molecular flexibility index (Phi) is 7.30. The minimum absolute atomic E-state index is 0.0476. The Balaban J connectivity index is 1.51. The Morgan fingerprint density at radius 3 is 2.32 bits per heavy atom. The van der Waals surface area contributed by atoms with Gasteiger partial charge in [0.25, 0.3) is 0 Å². The second kappa shape index (κ2) is 10.2. The van der Waals surface area contributed by atoms with Gasteiger partial charge in [-0.05, 0) is 63.0 Å². The molecule has 9 heteroatoms. The molecular weight excluding hydrogens is 456 g/mol. The number of nitrogens with two attached hydrogens (primary N) is 1. The number of benzene rings is 2. The second-order valence-electron chi connectivity index (χ2n) is 9.03. The zero-order valence-corrected chi connectivity index (χ0v) is 19.8. The van der Waals surface area contributed by atoms with Gasteiger partial charge in [0.1, 0.15) is 5.54 Å². The number of halogens is 1. The van der Waals surface area contributed by atoms with Crippen LogP contribution in [0.25, 0.3) is 0 Å². The number of carbonyl (C=O) groups excluding carboxylic acids is 1. The molecule has 1 amide bonds. The highest BCUT2D eigenvalue weighted by Crippen LogP contribution is 2.35. The first-order valence-electron chi connectivity index (χ1n) is 11.7. The molecule has 2 heterocycles. The third-order valence-electron chi connectivity index (χ3n) is 7.10. The van der Waals surface area contributed by atoms with E-state index in [1.54, 1.807) is 36.4 Å². The second-order valence-corrected chi connectivity index (χ2v) is 9.44. The maximum atomic E-state index is 12.5. The summed E-state index contributed by atoms with van der Waals surface area (Å²) in [5.41, 5.74) is 6.81. The van der Waals surface area contributed by atoms with E-state index in [-0.39, 0.29) is 11.5 Å². The van der Waals surface area contributed by atoms with E-state index < -0.39 is 17.7 Å². The number of aliphatic hydroxyl groups excluding tert-OH is 1. The van der Waals surface area contributed by atoms with Crippen LogP contribution in [0.1, 0.15) is 54.3 Å². The predicted octanol–water partition coefficient (Wildman–Crippen LogP) is 3.45. The van der Waals surface area contributed by atoms with E-state index in [9.17, 15) is 19.8 Å². The van der Waals surface area contributed by atoms with Crippen molar-refractivity contribution >= 4 is 34.9 Å². The zero-order chi connectivity index (χ0) is 24.3. The lowest BCUT2D eigenvalue weighted by molar-refractivity contribution is -0.132. The van der Waals surface area contributed by atoms with Crippen molar-refractivity contribution in [3.63, 3.8) is 0 Å². The number of anilines is 2. The monoisotopic (exact) mass is 486 g/mol. The van der Waals surface area contributed by atoms with E-state index in [1.807, 2.05) is 6.07 Å². The molecule has 0 radical (unpaired) electrons. The van der Waals surface area contributed by atoms with Crippen LogP contribution >= 0.6 is 11.6 Å². The fraction of sp³-hybridized carbons (Fsp3) is 0.440. The molecule has 0 spiro atoms. The first kappa shape index (κ1) is 24.3. The van der Waals surface area contributed by atoms with Gasteiger partial charge in [-0.3, -0.25) is 9.69 Å². The first-order valence-corrected chi connectivity index (χ1v) is 12.1. The van der Waals surface area contributed by atoms with Crippen molar-refractivity contribution in [3.8, 4) is 0 Å². The summed E-state index contributed by atoms with van der Waals surface area (Å²) in [6, 6.07) is 11.9. The molecule has 1 unspecified atom stereocenters. The van der Waals surface area contributed by atoms with Crippen molar-refractivity contribution in [3.05, 3.63) is 58.6 Å². The van der Waals surface area contributed by atoms with Crippen LogP contribution in [0, 0.1) is 0 Å². The van der Waals surface area contributed by atoms with Crippen LogP contribution in [-0.2, 0) is 4.79 Å². The molecule has 2 aliphatic heterocycles. The molecule has 4 rings (SSSR count). The van der Waals surface area contributed by atoms with E-state index in [4.69, 9.17) is 17.3 Å². The molecule has 0 aliphatic carbocycles. The van der Waals surface area contributed by atoms with Gasteiger partial charge in [-0.1, -0.05) is 36.2 Å². The summed E-state index contributed by atoms with van der Waals surface area (Å²) in [6.07, 6.45) is 3.39. The third kappa shape index (κ3) is 4.85. The SMILES string of the molecule is NC(=O)C1(N2CCCCC2)CCN(c2ccc(NC(O)c3ccccc3Cl)c(C(=O)O)c2)CC1. The van der Waals surface area contributed by atoms with Crippen molar-refractivity contribution in [1.82, 2.24) is 4.90 Å². The summed E-state index contributed by atoms with van der Waals surface area (Å²) in [4.78, 5) is 28.8. The average Bonchev–Trinajstić information content (AvgIpc) is 2.85. The standard InChI is InChI=1S/C25H31ClN4O4/c26-20-7-3-2-6-18(20)22(31)28-21-9-8-17(16-19(21)23(32)33)29-14-10-25(11-15-29,24(27)34)30-12-4-1-5-13-30/h2-3,6-9,16,22,28,31H,1,4-5,10-15H2,(H2,27,34)(H,32,33). The van der Waals surface area contributed by atoms with Gasteiger partial charge in [0.05, 0.1) is 11.3 Å². The molecular formula is C25H31ClN4O4. The van der Waals surface area contributed by atoms with Gasteiger partial charge < -0.3 is 26.2 Å². The van der Waals surface area contributed by atoms with Crippen LogP contribution < -0.4 is 16.0 Å². The molecule has 34 heavy (non-hydrogen) atoms. The van der Waals surface area contributed by atoms with Crippen LogP contribution in [0.5, 0.6) is 0 Å². The Morgan fingerprint density at radius 1 is 1.03 bits per heavy atom. The van der Waals surface area contributed by atoms with E-state index >= 15 is 0 Å². The summed E-state index contributed by atoms with van der Waals surface area (Å²) >= 11 is 6.16. The molecule has 1 atom stereocenters.